The monoisotopic (exact) mass is 238 g/mol. The highest BCUT2D eigenvalue weighted by molar-refractivity contribution is 5.24. The molecular weight excluding hydrogens is 208 g/mol. The smallest absolute Gasteiger partial charge is 0.0436 e. The summed E-state index contributed by atoms with van der Waals surface area (Å²) in [4.78, 5) is 0. The van der Waals surface area contributed by atoms with Crippen molar-refractivity contribution in [2.45, 2.75) is 66.2 Å². The van der Waals surface area contributed by atoms with Crippen molar-refractivity contribution in [3.63, 3.8) is 0 Å². The molecule has 2 aliphatic carbocycles. The van der Waals surface area contributed by atoms with Crippen molar-refractivity contribution < 1.29 is 5.11 Å². The molecule has 0 radical (unpaired) electrons. The topological polar surface area (TPSA) is 20.2 Å². The molecule has 0 aromatic rings. The molecule has 0 spiro atoms. The normalized spacial score (nSPS) is 33.2. The fraction of sp³-hybridized carbons (Fsp3) is 0.875. The van der Waals surface area contributed by atoms with E-state index in [1.807, 2.05) is 13.8 Å². The minimum absolute atomic E-state index is 0.333. The van der Waals surface area contributed by atoms with E-state index < -0.39 is 0 Å². The Morgan fingerprint density at radius 1 is 1.41 bits per heavy atom. The quantitative estimate of drug-likeness (QED) is 0.715. The molecule has 0 aromatic heterocycles. The van der Waals surface area contributed by atoms with Crippen molar-refractivity contribution in [1.29, 1.82) is 0 Å². The van der Waals surface area contributed by atoms with E-state index in [1.165, 1.54) is 32.1 Å². The van der Waals surface area contributed by atoms with Gasteiger partial charge in [-0.05, 0) is 42.9 Å². The van der Waals surface area contributed by atoms with Crippen molar-refractivity contribution in [3.05, 3.63) is 11.6 Å². The van der Waals surface area contributed by atoms with E-state index in [2.05, 4.69) is 19.9 Å². The molecule has 3 atom stereocenters. The van der Waals surface area contributed by atoms with Crippen molar-refractivity contribution in [3.8, 4) is 0 Å². The molecule has 0 aliphatic heterocycles. The first-order chi connectivity index (χ1) is 8.18. The van der Waals surface area contributed by atoms with E-state index in [0.29, 0.717) is 17.9 Å². The Morgan fingerprint density at radius 2 is 2.12 bits per heavy atom. The molecule has 2 rings (SSSR count). The van der Waals surface area contributed by atoms with Crippen LogP contribution in [-0.2, 0) is 0 Å². The van der Waals surface area contributed by atoms with Crippen LogP contribution in [0.5, 0.6) is 0 Å². The lowest BCUT2D eigenvalue weighted by atomic mass is 9.64. The van der Waals surface area contributed by atoms with Gasteiger partial charge in [-0.25, -0.2) is 0 Å². The van der Waals surface area contributed by atoms with Crippen molar-refractivity contribution in [1.82, 2.24) is 0 Å². The number of fused-ring (bicyclic) bond motifs is 1. The largest absolute Gasteiger partial charge is 0.396 e. The van der Waals surface area contributed by atoms with Crippen LogP contribution >= 0.6 is 0 Å². The summed E-state index contributed by atoms with van der Waals surface area (Å²) in [7, 11) is 0. The third-order valence-corrected chi connectivity index (χ3v) is 4.77. The third-order valence-electron chi connectivity index (χ3n) is 4.77. The number of hydrogen-bond donors (Lipinski definition) is 1. The lowest BCUT2D eigenvalue weighted by Crippen LogP contribution is -2.31. The van der Waals surface area contributed by atoms with E-state index in [9.17, 15) is 0 Å². The van der Waals surface area contributed by atoms with Gasteiger partial charge in [-0.2, -0.15) is 0 Å². The second-order valence-corrected chi connectivity index (χ2v) is 5.67. The molecule has 1 nitrogen and oxygen atoms in total. The minimum Gasteiger partial charge on any atom is -0.396 e. The highest BCUT2D eigenvalue weighted by Crippen LogP contribution is 2.54. The Bertz CT molecular complexity index is 256. The molecule has 2 unspecified atom stereocenters. The Morgan fingerprint density at radius 3 is 2.76 bits per heavy atom. The summed E-state index contributed by atoms with van der Waals surface area (Å²) in [5.41, 5.74) is 2.13. The molecule has 1 fully saturated rings. The van der Waals surface area contributed by atoms with Crippen LogP contribution in [0.4, 0.5) is 0 Å². The third kappa shape index (κ3) is 2.93. The molecule has 17 heavy (non-hydrogen) atoms. The maximum atomic E-state index is 9.05. The van der Waals surface area contributed by atoms with E-state index in [1.54, 1.807) is 5.57 Å². The Hall–Kier alpha value is -0.300. The molecule has 0 bridgehead atoms. The Labute approximate surface area is 107 Å². The summed E-state index contributed by atoms with van der Waals surface area (Å²) in [6, 6.07) is 0. The van der Waals surface area contributed by atoms with E-state index in [-0.39, 0.29) is 0 Å². The molecule has 1 saturated carbocycles. The van der Waals surface area contributed by atoms with Crippen LogP contribution in [0.1, 0.15) is 66.2 Å². The van der Waals surface area contributed by atoms with Crippen molar-refractivity contribution >= 4 is 0 Å². The standard InChI is InChI=1S/C14H24O.C2H6/c1-11(8-10-15)13-7-6-12-5-3-4-9-14(12,13)2;1-2/h7,11-12,15H,3-6,8-10H2,1-2H3;1-2H3/t11-,12?,14?;/m1./s1. The first-order valence-corrected chi connectivity index (χ1v) is 7.50. The van der Waals surface area contributed by atoms with Crippen molar-refractivity contribution in [2.75, 3.05) is 6.61 Å². The van der Waals surface area contributed by atoms with Crippen LogP contribution in [0.25, 0.3) is 0 Å². The van der Waals surface area contributed by atoms with Gasteiger partial charge in [0.25, 0.3) is 0 Å². The van der Waals surface area contributed by atoms with Gasteiger partial charge in [0, 0.05) is 6.61 Å². The molecule has 0 heterocycles. The lowest BCUT2D eigenvalue weighted by Gasteiger charge is -2.41. The summed E-state index contributed by atoms with van der Waals surface area (Å²) in [5.74, 6) is 1.49. The second kappa shape index (κ2) is 6.58. The predicted octanol–water partition coefficient (Wildman–Crippen LogP) is 4.56. The van der Waals surface area contributed by atoms with Crippen LogP contribution in [0, 0.1) is 17.3 Å². The van der Waals surface area contributed by atoms with Crippen LogP contribution in [-0.4, -0.2) is 11.7 Å². The molecule has 1 N–H and O–H groups in total. The van der Waals surface area contributed by atoms with Gasteiger partial charge in [0.1, 0.15) is 0 Å². The minimum atomic E-state index is 0.333. The SMILES string of the molecule is CC.C[C@H](CCO)C1=CCC2CCCCC12C. The molecule has 2 aliphatic rings. The Kier molecular flexibility index (Phi) is 5.72. The predicted molar refractivity (Wildman–Crippen MR) is 75.0 cm³/mol. The number of rotatable bonds is 3. The summed E-state index contributed by atoms with van der Waals surface area (Å²) in [5, 5.41) is 9.05. The number of aliphatic hydroxyl groups is 1. The zero-order valence-electron chi connectivity index (χ0n) is 12.1. The first-order valence-electron chi connectivity index (χ1n) is 7.50. The van der Waals surface area contributed by atoms with Crippen molar-refractivity contribution in [2.24, 2.45) is 17.3 Å². The van der Waals surface area contributed by atoms with Crippen LogP contribution < -0.4 is 0 Å². The molecule has 100 valence electrons. The Balaban J connectivity index is 0.000000686. The average molecular weight is 238 g/mol. The van der Waals surface area contributed by atoms with Gasteiger partial charge in [-0.1, -0.05) is 52.2 Å². The molecule has 1 heteroatoms. The number of hydrogen-bond acceptors (Lipinski definition) is 1. The van der Waals surface area contributed by atoms with E-state index in [0.717, 1.165) is 12.3 Å². The molecular formula is C16H30O. The maximum Gasteiger partial charge on any atom is 0.0436 e. The van der Waals surface area contributed by atoms with E-state index in [4.69, 9.17) is 5.11 Å². The van der Waals surface area contributed by atoms with Gasteiger partial charge in [0.05, 0.1) is 0 Å². The van der Waals surface area contributed by atoms with Gasteiger partial charge in [-0.15, -0.1) is 0 Å². The maximum absolute atomic E-state index is 9.05. The van der Waals surface area contributed by atoms with E-state index >= 15 is 0 Å². The summed E-state index contributed by atoms with van der Waals surface area (Å²) >= 11 is 0. The highest BCUT2D eigenvalue weighted by Gasteiger charge is 2.43. The van der Waals surface area contributed by atoms with Gasteiger partial charge < -0.3 is 5.11 Å². The summed E-state index contributed by atoms with van der Waals surface area (Å²) < 4.78 is 0. The first kappa shape index (κ1) is 14.8. The molecule has 0 aromatic carbocycles. The zero-order chi connectivity index (χ0) is 12.9. The van der Waals surface area contributed by atoms with Gasteiger partial charge >= 0.3 is 0 Å². The summed E-state index contributed by atoms with van der Waals surface area (Å²) in [6.07, 6.45) is 10.3. The number of allylic oxidation sites excluding steroid dienone is 2. The fourth-order valence-electron chi connectivity index (χ4n) is 3.78. The second-order valence-electron chi connectivity index (χ2n) is 5.67. The van der Waals surface area contributed by atoms with Gasteiger partial charge in [0.15, 0.2) is 0 Å². The van der Waals surface area contributed by atoms with Gasteiger partial charge in [-0.3, -0.25) is 0 Å². The summed E-state index contributed by atoms with van der Waals surface area (Å²) in [6.45, 7) is 9.08. The average Bonchev–Trinajstić information content (AvgIpc) is 2.69. The van der Waals surface area contributed by atoms with Crippen LogP contribution in [0.3, 0.4) is 0 Å². The number of aliphatic hydroxyl groups excluding tert-OH is 1. The molecule has 0 amide bonds. The fourth-order valence-corrected chi connectivity index (χ4v) is 3.78. The lowest BCUT2D eigenvalue weighted by molar-refractivity contribution is 0.161. The van der Waals surface area contributed by atoms with Crippen LogP contribution in [0.2, 0.25) is 0 Å². The zero-order valence-corrected chi connectivity index (χ0v) is 12.1. The van der Waals surface area contributed by atoms with Gasteiger partial charge in [0.2, 0.25) is 0 Å². The molecule has 0 saturated heterocycles. The van der Waals surface area contributed by atoms with Crippen LogP contribution in [0.15, 0.2) is 11.6 Å². The highest BCUT2D eigenvalue weighted by atomic mass is 16.3.